The molecule has 0 spiro atoms. The summed E-state index contributed by atoms with van der Waals surface area (Å²) in [6, 6.07) is 7.78. The predicted octanol–water partition coefficient (Wildman–Crippen LogP) is 3.44. The standard InChI is InChI=1S/C13H23NOSSi/c1-13(2,3)16(14,15)11-9-7-8-10-12(11)17(4,5)6/h7-10,14H,1-6H3. The summed E-state index contributed by atoms with van der Waals surface area (Å²) in [7, 11) is -4.32. The Kier molecular flexibility index (Phi) is 3.61. The zero-order chi connectivity index (χ0) is 13.5. The largest absolute Gasteiger partial charge is 0.248 e. The van der Waals surface area contributed by atoms with Gasteiger partial charge in [-0.15, -0.1) is 0 Å². The topological polar surface area (TPSA) is 40.9 Å². The van der Waals surface area contributed by atoms with E-state index in [-0.39, 0.29) is 0 Å². The fourth-order valence-electron chi connectivity index (χ4n) is 1.67. The number of hydrogen-bond donors (Lipinski definition) is 1. The summed E-state index contributed by atoms with van der Waals surface area (Å²) in [6.45, 7) is 12.3. The molecule has 0 aliphatic heterocycles. The second-order valence-corrected chi connectivity index (χ2v) is 14.2. The van der Waals surface area contributed by atoms with Crippen LogP contribution in [0.3, 0.4) is 0 Å². The van der Waals surface area contributed by atoms with Crippen molar-refractivity contribution in [3.05, 3.63) is 24.3 Å². The van der Waals surface area contributed by atoms with Crippen LogP contribution in [0.1, 0.15) is 20.8 Å². The molecule has 1 N–H and O–H groups in total. The fourth-order valence-corrected chi connectivity index (χ4v) is 5.74. The van der Waals surface area contributed by atoms with E-state index in [0.29, 0.717) is 0 Å². The molecule has 4 heteroatoms. The lowest BCUT2D eigenvalue weighted by Gasteiger charge is -2.28. The summed E-state index contributed by atoms with van der Waals surface area (Å²) in [5.41, 5.74) is 0. The van der Waals surface area contributed by atoms with E-state index in [4.69, 9.17) is 4.78 Å². The van der Waals surface area contributed by atoms with Crippen LogP contribution in [-0.2, 0) is 9.73 Å². The first kappa shape index (κ1) is 14.4. The van der Waals surface area contributed by atoms with Gasteiger partial charge >= 0.3 is 0 Å². The molecule has 96 valence electrons. The minimum absolute atomic E-state index is 0.525. The molecule has 1 aromatic rings. The Morgan fingerprint density at radius 2 is 1.59 bits per heavy atom. The van der Waals surface area contributed by atoms with E-state index in [9.17, 15) is 4.21 Å². The number of hydrogen-bond acceptors (Lipinski definition) is 2. The molecular formula is C13H23NOSSi. The van der Waals surface area contributed by atoms with Crippen molar-refractivity contribution in [1.82, 2.24) is 0 Å². The smallest absolute Gasteiger partial charge is 0.0792 e. The summed E-state index contributed by atoms with van der Waals surface area (Å²) in [4.78, 5) is 0.742. The van der Waals surface area contributed by atoms with Crippen LogP contribution in [0.2, 0.25) is 19.6 Å². The zero-order valence-electron chi connectivity index (χ0n) is 11.6. The van der Waals surface area contributed by atoms with Gasteiger partial charge in [-0.1, -0.05) is 37.8 Å². The van der Waals surface area contributed by atoms with E-state index in [1.165, 1.54) is 0 Å². The van der Waals surface area contributed by atoms with Gasteiger partial charge in [-0.2, -0.15) is 0 Å². The minimum Gasteiger partial charge on any atom is -0.248 e. The van der Waals surface area contributed by atoms with Gasteiger partial charge in [0, 0.05) is 9.64 Å². The van der Waals surface area contributed by atoms with Crippen LogP contribution in [0.25, 0.3) is 0 Å². The van der Waals surface area contributed by atoms with Crippen molar-refractivity contribution in [1.29, 1.82) is 4.78 Å². The van der Waals surface area contributed by atoms with Gasteiger partial charge in [0.2, 0.25) is 0 Å². The van der Waals surface area contributed by atoms with Gasteiger partial charge in [-0.25, -0.2) is 8.99 Å². The molecule has 2 nitrogen and oxygen atoms in total. The van der Waals surface area contributed by atoms with Gasteiger partial charge in [0.25, 0.3) is 0 Å². The van der Waals surface area contributed by atoms with Gasteiger partial charge in [0.15, 0.2) is 0 Å². The van der Waals surface area contributed by atoms with Gasteiger partial charge < -0.3 is 0 Å². The molecule has 0 fully saturated rings. The lowest BCUT2D eigenvalue weighted by molar-refractivity contribution is 0.637. The Labute approximate surface area is 106 Å². The quantitative estimate of drug-likeness (QED) is 0.821. The first-order valence-electron chi connectivity index (χ1n) is 5.86. The van der Waals surface area contributed by atoms with Gasteiger partial charge in [0.1, 0.15) is 0 Å². The highest BCUT2D eigenvalue weighted by Crippen LogP contribution is 2.25. The lowest BCUT2D eigenvalue weighted by atomic mass is 10.3. The average molecular weight is 269 g/mol. The number of benzene rings is 1. The molecule has 0 saturated heterocycles. The molecule has 17 heavy (non-hydrogen) atoms. The summed E-state index contributed by atoms with van der Waals surface area (Å²) in [6.07, 6.45) is 0. The molecule has 1 atom stereocenters. The van der Waals surface area contributed by atoms with E-state index in [2.05, 4.69) is 19.6 Å². The summed E-state index contributed by atoms with van der Waals surface area (Å²) in [5, 5.41) is 1.15. The SMILES string of the molecule is CC(C)(C)S(=N)(=O)c1ccccc1[Si](C)(C)C. The van der Waals surface area contributed by atoms with Gasteiger partial charge in [-0.05, 0) is 32.0 Å². The lowest BCUT2D eigenvalue weighted by Crippen LogP contribution is -2.43. The fraction of sp³-hybridized carbons (Fsp3) is 0.538. The van der Waals surface area contributed by atoms with Crippen molar-refractivity contribution >= 4 is 23.0 Å². The van der Waals surface area contributed by atoms with Crippen molar-refractivity contribution in [3.63, 3.8) is 0 Å². The second-order valence-electron chi connectivity index (χ2n) is 6.41. The maximum atomic E-state index is 12.8. The van der Waals surface area contributed by atoms with Crippen LogP contribution < -0.4 is 5.19 Å². The van der Waals surface area contributed by atoms with Crippen molar-refractivity contribution in [2.75, 3.05) is 0 Å². The Balaban J connectivity index is 3.55. The molecule has 1 rings (SSSR count). The van der Waals surface area contributed by atoms with E-state index in [0.717, 1.165) is 10.1 Å². The van der Waals surface area contributed by atoms with Crippen LogP contribution >= 0.6 is 0 Å². The molecule has 0 bridgehead atoms. The van der Waals surface area contributed by atoms with Crippen LogP contribution in [-0.4, -0.2) is 17.0 Å². The predicted molar refractivity (Wildman–Crippen MR) is 78.3 cm³/mol. The Bertz CT molecular complexity index is 507. The second kappa shape index (κ2) is 4.25. The molecule has 0 heterocycles. The van der Waals surface area contributed by atoms with E-state index < -0.39 is 22.5 Å². The number of nitrogens with one attached hydrogen (secondary N) is 1. The van der Waals surface area contributed by atoms with E-state index in [1.807, 2.05) is 45.0 Å². The summed E-state index contributed by atoms with van der Waals surface area (Å²) < 4.78 is 20.5. The Morgan fingerprint density at radius 3 is 2.00 bits per heavy atom. The van der Waals surface area contributed by atoms with Crippen LogP contribution in [0, 0.1) is 4.78 Å². The first-order chi connectivity index (χ1) is 7.48. The van der Waals surface area contributed by atoms with Crippen LogP contribution in [0.4, 0.5) is 0 Å². The third-order valence-electron chi connectivity index (χ3n) is 2.87. The zero-order valence-corrected chi connectivity index (χ0v) is 13.4. The van der Waals surface area contributed by atoms with Gasteiger partial charge in [0.05, 0.1) is 17.8 Å². The van der Waals surface area contributed by atoms with Crippen molar-refractivity contribution in [2.45, 2.75) is 50.1 Å². The van der Waals surface area contributed by atoms with Crippen molar-refractivity contribution < 1.29 is 4.21 Å². The monoisotopic (exact) mass is 269 g/mol. The average Bonchev–Trinajstić information content (AvgIpc) is 2.14. The van der Waals surface area contributed by atoms with E-state index >= 15 is 0 Å². The van der Waals surface area contributed by atoms with Gasteiger partial charge in [-0.3, -0.25) is 0 Å². The third-order valence-corrected chi connectivity index (χ3v) is 7.80. The molecule has 0 amide bonds. The van der Waals surface area contributed by atoms with Crippen LogP contribution in [0.5, 0.6) is 0 Å². The molecule has 0 aliphatic carbocycles. The summed E-state index contributed by atoms with van der Waals surface area (Å²) >= 11 is 0. The normalized spacial score (nSPS) is 16.6. The highest BCUT2D eigenvalue weighted by Gasteiger charge is 2.32. The molecule has 0 radical (unpaired) electrons. The molecule has 1 aromatic carbocycles. The highest BCUT2D eigenvalue weighted by molar-refractivity contribution is 7.94. The Morgan fingerprint density at radius 1 is 1.12 bits per heavy atom. The van der Waals surface area contributed by atoms with E-state index in [1.54, 1.807) is 0 Å². The first-order valence-corrected chi connectivity index (χ1v) is 10.9. The summed E-state index contributed by atoms with van der Waals surface area (Å²) in [5.74, 6) is 0. The maximum absolute atomic E-state index is 12.8. The van der Waals surface area contributed by atoms with Crippen LogP contribution in [0.15, 0.2) is 29.2 Å². The molecule has 0 saturated carbocycles. The third kappa shape index (κ3) is 2.80. The molecular weight excluding hydrogens is 246 g/mol. The number of rotatable bonds is 2. The molecule has 0 aliphatic rings. The maximum Gasteiger partial charge on any atom is 0.0792 e. The minimum atomic E-state index is -2.76. The Hall–Kier alpha value is -0.613. The van der Waals surface area contributed by atoms with Crippen molar-refractivity contribution in [2.24, 2.45) is 0 Å². The van der Waals surface area contributed by atoms with Crippen molar-refractivity contribution in [3.8, 4) is 0 Å². The molecule has 0 aromatic heterocycles. The highest BCUT2D eigenvalue weighted by atomic mass is 32.2. The molecule has 1 unspecified atom stereocenters.